The van der Waals surface area contributed by atoms with Crippen molar-refractivity contribution < 1.29 is 0 Å². The highest BCUT2D eigenvalue weighted by Crippen LogP contribution is 2.55. The lowest BCUT2D eigenvalue weighted by atomic mass is 9.68. The van der Waals surface area contributed by atoms with Crippen LogP contribution in [0.25, 0.3) is 5.57 Å². The van der Waals surface area contributed by atoms with E-state index < -0.39 is 0 Å². The molecule has 1 saturated carbocycles. The summed E-state index contributed by atoms with van der Waals surface area (Å²) < 4.78 is 0. The minimum Gasteiger partial charge on any atom is -0.0955 e. The van der Waals surface area contributed by atoms with E-state index >= 15 is 0 Å². The van der Waals surface area contributed by atoms with Crippen LogP contribution in [0.4, 0.5) is 0 Å². The molecule has 0 amide bonds. The van der Waals surface area contributed by atoms with Crippen LogP contribution in [0.2, 0.25) is 0 Å². The molecule has 0 heterocycles. The summed E-state index contributed by atoms with van der Waals surface area (Å²) in [5, 5.41) is 0. The molecule has 200 valence electrons. The fourth-order valence-corrected chi connectivity index (χ4v) is 6.99. The molecule has 2 unspecified atom stereocenters. The fourth-order valence-electron chi connectivity index (χ4n) is 6.99. The van der Waals surface area contributed by atoms with E-state index in [1.54, 1.807) is 0 Å². The van der Waals surface area contributed by atoms with Crippen LogP contribution in [0.5, 0.6) is 0 Å². The van der Waals surface area contributed by atoms with Crippen molar-refractivity contribution in [3.63, 3.8) is 0 Å². The summed E-state index contributed by atoms with van der Waals surface area (Å²) in [6.07, 6.45) is 15.8. The molecule has 2 atom stereocenters. The Bertz CT molecular complexity index is 1480. The van der Waals surface area contributed by atoms with Gasteiger partial charge in [-0.15, -0.1) is 0 Å². The Morgan fingerprint density at radius 1 is 0.949 bits per heavy atom. The molecule has 0 N–H and O–H groups in total. The van der Waals surface area contributed by atoms with Crippen molar-refractivity contribution in [3.05, 3.63) is 147 Å². The van der Waals surface area contributed by atoms with Crippen molar-refractivity contribution in [1.82, 2.24) is 0 Å². The van der Waals surface area contributed by atoms with Crippen LogP contribution < -0.4 is 0 Å². The Labute approximate surface area is 236 Å². The van der Waals surface area contributed by atoms with Gasteiger partial charge in [-0.3, -0.25) is 0 Å². The average Bonchev–Trinajstić information content (AvgIpc) is 3.52. The number of hydrogen-bond donors (Lipinski definition) is 0. The minimum atomic E-state index is 0.294. The van der Waals surface area contributed by atoms with Gasteiger partial charge in [0.05, 0.1) is 0 Å². The van der Waals surface area contributed by atoms with E-state index in [1.165, 1.54) is 72.4 Å². The van der Waals surface area contributed by atoms with E-state index in [2.05, 4.69) is 108 Å². The molecule has 3 aliphatic carbocycles. The fraction of sp³-hybridized carbons (Fsp3) is 0.333. The SMILES string of the molecule is C=C(CCC)C1=C(C)C=C2CC(=CC3=CC=C(c4cccc(C)c4)C3)C(=C)C2C1c1cc(CC)ccc1CC. The molecule has 0 heteroatoms. The number of rotatable bonds is 8. The third-order valence-electron chi connectivity index (χ3n) is 8.96. The molecule has 0 radical (unpaired) electrons. The van der Waals surface area contributed by atoms with Crippen molar-refractivity contribution >= 4 is 5.57 Å². The summed E-state index contributed by atoms with van der Waals surface area (Å²) in [5.74, 6) is 0.606. The standard InChI is InChI=1S/C39H44/c1-8-12-26(5)37-27(6)20-35-24-34(22-30-16-18-33(21-30)32-14-11-13-25(4)19-32)28(7)38(35)39(37)36-23-29(9-2)15-17-31(36)10-3/h11,13-20,22-23,38-39H,5,7-10,12,21,24H2,1-4,6H3. The first-order valence-electron chi connectivity index (χ1n) is 14.9. The van der Waals surface area contributed by atoms with Gasteiger partial charge in [0.2, 0.25) is 0 Å². The Hall–Kier alpha value is -3.38. The Balaban J connectivity index is 1.51. The number of hydrogen-bond acceptors (Lipinski definition) is 0. The van der Waals surface area contributed by atoms with Gasteiger partial charge in [0.1, 0.15) is 0 Å². The first kappa shape index (κ1) is 27.2. The summed E-state index contributed by atoms with van der Waals surface area (Å²) in [5.41, 5.74) is 18.2. The van der Waals surface area contributed by atoms with Gasteiger partial charge in [-0.1, -0.05) is 124 Å². The largest absolute Gasteiger partial charge is 0.0955 e. The smallest absolute Gasteiger partial charge is 0.0203 e. The van der Waals surface area contributed by atoms with Gasteiger partial charge in [0, 0.05) is 11.8 Å². The maximum Gasteiger partial charge on any atom is 0.0203 e. The summed E-state index contributed by atoms with van der Waals surface area (Å²) in [6, 6.07) is 16.0. The highest BCUT2D eigenvalue weighted by atomic mass is 14.4. The van der Waals surface area contributed by atoms with Gasteiger partial charge in [-0.05, 0) is 102 Å². The van der Waals surface area contributed by atoms with Gasteiger partial charge >= 0.3 is 0 Å². The molecule has 5 rings (SSSR count). The Morgan fingerprint density at radius 3 is 2.49 bits per heavy atom. The zero-order chi connectivity index (χ0) is 27.7. The van der Waals surface area contributed by atoms with Crippen molar-refractivity contribution in [2.75, 3.05) is 0 Å². The van der Waals surface area contributed by atoms with Gasteiger partial charge in [-0.2, -0.15) is 0 Å². The molecule has 0 aliphatic heterocycles. The van der Waals surface area contributed by atoms with Crippen molar-refractivity contribution in [3.8, 4) is 0 Å². The molecular weight excluding hydrogens is 468 g/mol. The van der Waals surface area contributed by atoms with E-state index in [0.717, 1.165) is 38.5 Å². The first-order chi connectivity index (χ1) is 18.8. The van der Waals surface area contributed by atoms with Crippen LogP contribution in [0.1, 0.15) is 87.1 Å². The van der Waals surface area contributed by atoms with Crippen LogP contribution >= 0.6 is 0 Å². The van der Waals surface area contributed by atoms with Crippen LogP contribution in [0, 0.1) is 12.8 Å². The Morgan fingerprint density at radius 2 is 1.77 bits per heavy atom. The highest BCUT2D eigenvalue weighted by Gasteiger charge is 2.41. The van der Waals surface area contributed by atoms with Gasteiger partial charge in [0.25, 0.3) is 0 Å². The van der Waals surface area contributed by atoms with Crippen molar-refractivity contribution in [2.24, 2.45) is 5.92 Å². The summed E-state index contributed by atoms with van der Waals surface area (Å²) in [4.78, 5) is 0. The third kappa shape index (κ3) is 5.27. The highest BCUT2D eigenvalue weighted by molar-refractivity contribution is 5.74. The lowest BCUT2D eigenvalue weighted by Crippen LogP contribution is -2.22. The van der Waals surface area contributed by atoms with E-state index in [1.807, 2.05) is 0 Å². The van der Waals surface area contributed by atoms with Gasteiger partial charge < -0.3 is 0 Å². The quantitative estimate of drug-likeness (QED) is 0.330. The van der Waals surface area contributed by atoms with Crippen molar-refractivity contribution in [2.45, 2.75) is 79.1 Å². The lowest BCUT2D eigenvalue weighted by molar-refractivity contribution is 0.613. The molecule has 0 nitrogen and oxygen atoms in total. The third-order valence-corrected chi connectivity index (χ3v) is 8.96. The average molecular weight is 513 g/mol. The zero-order valence-electron chi connectivity index (χ0n) is 24.7. The van der Waals surface area contributed by atoms with Crippen LogP contribution in [0.15, 0.2) is 119 Å². The lowest BCUT2D eigenvalue weighted by Gasteiger charge is -2.36. The molecule has 39 heavy (non-hydrogen) atoms. The number of fused-ring (bicyclic) bond motifs is 1. The molecule has 2 aromatic rings. The summed E-state index contributed by atoms with van der Waals surface area (Å²) >= 11 is 0. The maximum absolute atomic E-state index is 4.78. The number of benzene rings is 2. The first-order valence-corrected chi connectivity index (χ1v) is 14.9. The van der Waals surface area contributed by atoms with Gasteiger partial charge in [0.15, 0.2) is 0 Å². The summed E-state index contributed by atoms with van der Waals surface area (Å²) in [6.45, 7) is 20.7. The monoisotopic (exact) mass is 512 g/mol. The van der Waals surface area contributed by atoms with Crippen LogP contribution in [-0.4, -0.2) is 0 Å². The van der Waals surface area contributed by atoms with E-state index in [4.69, 9.17) is 6.58 Å². The molecule has 2 aromatic carbocycles. The Kier molecular flexibility index (Phi) is 7.94. The molecule has 0 spiro atoms. The predicted molar refractivity (Wildman–Crippen MR) is 170 cm³/mol. The summed E-state index contributed by atoms with van der Waals surface area (Å²) in [7, 11) is 0. The number of allylic oxidation sites excluding steroid dienone is 12. The molecule has 0 bridgehead atoms. The number of aryl methyl sites for hydroxylation is 3. The van der Waals surface area contributed by atoms with E-state index in [0.29, 0.717) is 11.8 Å². The molecular formula is C39H44. The van der Waals surface area contributed by atoms with E-state index in [-0.39, 0.29) is 0 Å². The van der Waals surface area contributed by atoms with Crippen LogP contribution in [0.3, 0.4) is 0 Å². The molecule has 0 saturated heterocycles. The zero-order valence-corrected chi connectivity index (χ0v) is 24.7. The van der Waals surface area contributed by atoms with Crippen molar-refractivity contribution in [1.29, 1.82) is 0 Å². The second-order valence-electron chi connectivity index (χ2n) is 11.7. The molecule has 3 aliphatic rings. The molecule has 1 fully saturated rings. The van der Waals surface area contributed by atoms with Crippen LogP contribution in [-0.2, 0) is 12.8 Å². The normalized spacial score (nSPS) is 21.7. The second-order valence-corrected chi connectivity index (χ2v) is 11.7. The predicted octanol–water partition coefficient (Wildman–Crippen LogP) is 10.7. The second kappa shape index (κ2) is 11.4. The van der Waals surface area contributed by atoms with E-state index in [9.17, 15) is 0 Å². The maximum atomic E-state index is 4.78. The minimum absolute atomic E-state index is 0.294. The molecule has 0 aromatic heterocycles. The topological polar surface area (TPSA) is 0 Å². The van der Waals surface area contributed by atoms with Gasteiger partial charge in [-0.25, -0.2) is 0 Å².